The van der Waals surface area contributed by atoms with E-state index in [-0.39, 0.29) is 5.69 Å². The van der Waals surface area contributed by atoms with Crippen LogP contribution in [0.15, 0.2) is 36.8 Å². The van der Waals surface area contributed by atoms with E-state index in [1.165, 1.54) is 12.3 Å². The number of rotatable bonds is 5. The maximum absolute atomic E-state index is 11.5. The summed E-state index contributed by atoms with van der Waals surface area (Å²) in [5.74, 6) is -0.0563. The van der Waals surface area contributed by atoms with Gasteiger partial charge in [0.1, 0.15) is 0 Å². The van der Waals surface area contributed by atoms with Gasteiger partial charge in [-0.15, -0.1) is 0 Å². The van der Waals surface area contributed by atoms with Crippen molar-refractivity contribution in [3.05, 3.63) is 48.0 Å². The molecule has 6 heteroatoms. The van der Waals surface area contributed by atoms with E-state index in [2.05, 4.69) is 20.3 Å². The smallest absolute Gasteiger partial charge is 0.357 e. The minimum absolute atomic E-state index is 0.245. The lowest BCUT2D eigenvalue weighted by molar-refractivity contribution is 0.0519. The van der Waals surface area contributed by atoms with Gasteiger partial charge in [0.05, 0.1) is 6.61 Å². The molecule has 2 heterocycles. The monoisotopic (exact) mass is 258 g/mol. The lowest BCUT2D eigenvalue weighted by atomic mass is 10.3. The highest BCUT2D eigenvalue weighted by Gasteiger charge is 2.09. The highest BCUT2D eigenvalue weighted by molar-refractivity contribution is 5.87. The molecule has 0 aliphatic rings. The van der Waals surface area contributed by atoms with Crippen LogP contribution in [-0.4, -0.2) is 27.5 Å². The van der Waals surface area contributed by atoms with E-state index in [9.17, 15) is 4.79 Å². The third-order valence-electron chi connectivity index (χ3n) is 2.34. The molecule has 0 saturated heterocycles. The molecule has 19 heavy (non-hydrogen) atoms. The number of anilines is 1. The molecule has 0 fully saturated rings. The maximum Gasteiger partial charge on any atom is 0.357 e. The molecule has 2 aromatic heterocycles. The highest BCUT2D eigenvalue weighted by Crippen LogP contribution is 2.05. The van der Waals surface area contributed by atoms with Crippen molar-refractivity contribution in [2.75, 3.05) is 11.9 Å². The molecule has 0 aliphatic heterocycles. The highest BCUT2D eigenvalue weighted by atomic mass is 16.5. The zero-order valence-electron chi connectivity index (χ0n) is 10.5. The summed E-state index contributed by atoms with van der Waals surface area (Å²) >= 11 is 0. The fraction of sp³-hybridized carbons (Fsp3) is 0.231. The van der Waals surface area contributed by atoms with Gasteiger partial charge in [0.15, 0.2) is 5.69 Å². The Hall–Kier alpha value is -2.50. The lowest BCUT2D eigenvalue weighted by Gasteiger charge is -2.06. The fourth-order valence-corrected chi connectivity index (χ4v) is 1.44. The first-order chi connectivity index (χ1) is 9.29. The molecule has 0 bridgehead atoms. The second-order valence-electron chi connectivity index (χ2n) is 3.69. The predicted molar refractivity (Wildman–Crippen MR) is 69.6 cm³/mol. The Morgan fingerprint density at radius 1 is 1.26 bits per heavy atom. The van der Waals surface area contributed by atoms with Gasteiger partial charge in [-0.1, -0.05) is 0 Å². The van der Waals surface area contributed by atoms with Gasteiger partial charge in [-0.05, 0) is 30.7 Å². The zero-order valence-corrected chi connectivity index (χ0v) is 10.5. The first kappa shape index (κ1) is 12.9. The summed E-state index contributed by atoms with van der Waals surface area (Å²) in [7, 11) is 0. The van der Waals surface area contributed by atoms with Gasteiger partial charge in [0.2, 0.25) is 5.95 Å². The Labute approximate surface area is 110 Å². The van der Waals surface area contributed by atoms with Gasteiger partial charge in [0.25, 0.3) is 0 Å². The summed E-state index contributed by atoms with van der Waals surface area (Å²) in [6.45, 7) is 2.64. The number of ether oxygens (including phenoxy) is 1. The van der Waals surface area contributed by atoms with Gasteiger partial charge >= 0.3 is 5.97 Å². The van der Waals surface area contributed by atoms with E-state index in [0.29, 0.717) is 19.1 Å². The van der Waals surface area contributed by atoms with Crippen molar-refractivity contribution in [2.24, 2.45) is 0 Å². The molecule has 0 spiro atoms. The van der Waals surface area contributed by atoms with Crippen LogP contribution in [0.25, 0.3) is 0 Å². The van der Waals surface area contributed by atoms with Crippen LogP contribution in [0.4, 0.5) is 5.95 Å². The molecule has 98 valence electrons. The number of hydrogen-bond donors (Lipinski definition) is 1. The van der Waals surface area contributed by atoms with E-state index < -0.39 is 5.97 Å². The van der Waals surface area contributed by atoms with E-state index in [1.54, 1.807) is 19.3 Å². The largest absolute Gasteiger partial charge is 0.461 e. The second-order valence-corrected chi connectivity index (χ2v) is 3.69. The Morgan fingerprint density at radius 2 is 2.05 bits per heavy atom. The Balaban J connectivity index is 2.01. The van der Waals surface area contributed by atoms with Crippen molar-refractivity contribution < 1.29 is 9.53 Å². The molecule has 0 radical (unpaired) electrons. The summed E-state index contributed by atoms with van der Waals surface area (Å²) in [4.78, 5) is 23.6. The Bertz CT molecular complexity index is 545. The van der Waals surface area contributed by atoms with Crippen LogP contribution in [-0.2, 0) is 11.3 Å². The van der Waals surface area contributed by atoms with E-state index >= 15 is 0 Å². The number of hydrogen-bond acceptors (Lipinski definition) is 6. The van der Waals surface area contributed by atoms with Gasteiger partial charge in [0, 0.05) is 25.1 Å². The average Bonchev–Trinajstić information content (AvgIpc) is 2.47. The van der Waals surface area contributed by atoms with Crippen LogP contribution in [0.5, 0.6) is 0 Å². The molecule has 2 aromatic rings. The number of esters is 1. The minimum atomic E-state index is -0.447. The molecule has 0 aromatic carbocycles. The average molecular weight is 258 g/mol. The first-order valence-electron chi connectivity index (χ1n) is 5.92. The topological polar surface area (TPSA) is 77.0 Å². The van der Waals surface area contributed by atoms with Crippen molar-refractivity contribution in [1.82, 2.24) is 15.0 Å². The number of carbonyl (C=O) groups excluding carboxylic acids is 1. The number of nitrogens with one attached hydrogen (secondary N) is 1. The summed E-state index contributed by atoms with van der Waals surface area (Å²) in [5, 5.41) is 3.04. The van der Waals surface area contributed by atoms with Crippen LogP contribution < -0.4 is 5.32 Å². The molecule has 0 amide bonds. The normalized spacial score (nSPS) is 9.95. The van der Waals surface area contributed by atoms with Gasteiger partial charge in [-0.2, -0.15) is 0 Å². The van der Waals surface area contributed by atoms with Crippen LogP contribution in [0, 0.1) is 0 Å². The van der Waals surface area contributed by atoms with E-state index in [4.69, 9.17) is 4.74 Å². The standard InChI is InChI=1S/C13H14N4O2/c1-2-19-12(18)11-5-8-15-13(17-11)16-9-10-3-6-14-7-4-10/h3-8H,2,9H2,1H3,(H,15,16,17). The number of nitrogens with zero attached hydrogens (tertiary/aromatic N) is 3. The molecular weight excluding hydrogens is 244 g/mol. The third-order valence-corrected chi connectivity index (χ3v) is 2.34. The lowest BCUT2D eigenvalue weighted by Crippen LogP contribution is -2.10. The van der Waals surface area contributed by atoms with E-state index in [0.717, 1.165) is 5.56 Å². The summed E-state index contributed by atoms with van der Waals surface area (Å²) < 4.78 is 4.88. The molecule has 0 unspecified atom stereocenters. The molecule has 0 atom stereocenters. The molecule has 1 N–H and O–H groups in total. The van der Waals surface area contributed by atoms with Crippen LogP contribution >= 0.6 is 0 Å². The van der Waals surface area contributed by atoms with Gasteiger partial charge in [-0.25, -0.2) is 14.8 Å². The number of aromatic nitrogens is 3. The van der Waals surface area contributed by atoms with Crippen molar-refractivity contribution >= 4 is 11.9 Å². The molecule has 0 aliphatic carbocycles. The zero-order chi connectivity index (χ0) is 13.5. The number of carbonyl (C=O) groups is 1. The van der Waals surface area contributed by atoms with Gasteiger partial charge < -0.3 is 10.1 Å². The molecule has 0 saturated carbocycles. The quantitative estimate of drug-likeness (QED) is 0.822. The van der Waals surface area contributed by atoms with Crippen LogP contribution in [0.3, 0.4) is 0 Å². The van der Waals surface area contributed by atoms with Crippen LogP contribution in [0.2, 0.25) is 0 Å². The first-order valence-corrected chi connectivity index (χ1v) is 5.92. The van der Waals surface area contributed by atoms with Crippen molar-refractivity contribution in [1.29, 1.82) is 0 Å². The Kier molecular flexibility index (Phi) is 4.39. The third kappa shape index (κ3) is 3.74. The van der Waals surface area contributed by atoms with Crippen LogP contribution in [0.1, 0.15) is 23.0 Å². The summed E-state index contributed by atoms with van der Waals surface area (Å²) in [6.07, 6.45) is 4.95. The SMILES string of the molecule is CCOC(=O)c1ccnc(NCc2ccncc2)n1. The van der Waals surface area contributed by atoms with Gasteiger partial charge in [-0.3, -0.25) is 4.98 Å². The second kappa shape index (κ2) is 6.44. The molecule has 6 nitrogen and oxygen atoms in total. The summed E-state index contributed by atoms with van der Waals surface area (Å²) in [5.41, 5.74) is 1.30. The minimum Gasteiger partial charge on any atom is -0.461 e. The summed E-state index contributed by atoms with van der Waals surface area (Å²) in [6, 6.07) is 5.31. The molecule has 2 rings (SSSR count). The van der Waals surface area contributed by atoms with E-state index in [1.807, 2.05) is 12.1 Å². The maximum atomic E-state index is 11.5. The van der Waals surface area contributed by atoms with Crippen molar-refractivity contribution in [2.45, 2.75) is 13.5 Å². The Morgan fingerprint density at radius 3 is 2.79 bits per heavy atom. The van der Waals surface area contributed by atoms with Crippen molar-refractivity contribution in [3.8, 4) is 0 Å². The predicted octanol–water partition coefficient (Wildman–Crippen LogP) is 1.66. The van der Waals surface area contributed by atoms with Crippen molar-refractivity contribution in [3.63, 3.8) is 0 Å². The number of pyridine rings is 1. The fourth-order valence-electron chi connectivity index (χ4n) is 1.44. The molecular formula is C13H14N4O2.